The fourth-order valence-electron chi connectivity index (χ4n) is 3.36. The second kappa shape index (κ2) is 12.5. The maximum absolute atomic E-state index is 12.4. The average molecular weight is 549 g/mol. The van der Waals surface area contributed by atoms with Crippen molar-refractivity contribution in [1.29, 1.82) is 0 Å². The van der Waals surface area contributed by atoms with Crippen molar-refractivity contribution in [2.45, 2.75) is 19.9 Å². The molecule has 3 rings (SSSR count). The Bertz CT molecular complexity index is 910. The van der Waals surface area contributed by atoms with Gasteiger partial charge in [-0.1, -0.05) is 18.2 Å². The summed E-state index contributed by atoms with van der Waals surface area (Å²) in [6.45, 7) is 6.40. The summed E-state index contributed by atoms with van der Waals surface area (Å²) in [5, 5.41) is 7.55. The van der Waals surface area contributed by atoms with Crippen molar-refractivity contribution in [2.75, 3.05) is 51.7 Å². The first kappa shape index (κ1) is 24.9. The summed E-state index contributed by atoms with van der Waals surface area (Å²) < 4.78 is 33.7. The summed E-state index contributed by atoms with van der Waals surface area (Å²) >= 11 is 0. The number of aliphatic imine (C=N–C) groups is 1. The number of guanidine groups is 1. The maximum atomic E-state index is 12.4. The highest BCUT2D eigenvalue weighted by Gasteiger charge is 2.23. The molecule has 1 fully saturated rings. The molecule has 30 heavy (non-hydrogen) atoms. The van der Waals surface area contributed by atoms with E-state index in [1.165, 1.54) is 15.2 Å². The Morgan fingerprint density at radius 1 is 1.17 bits per heavy atom. The van der Waals surface area contributed by atoms with Crippen LogP contribution >= 0.6 is 24.0 Å². The molecule has 2 N–H and O–H groups in total. The van der Waals surface area contributed by atoms with Crippen molar-refractivity contribution in [3.05, 3.63) is 36.5 Å². The predicted molar refractivity (Wildman–Crippen MR) is 132 cm³/mol. The topological polar surface area (TPSA) is 88.0 Å². The third-order valence-corrected chi connectivity index (χ3v) is 6.74. The number of morpholine rings is 1. The summed E-state index contributed by atoms with van der Waals surface area (Å²) in [5.74, 6) is 0.703. The number of ether oxygens (including phenoxy) is 1. The van der Waals surface area contributed by atoms with Crippen LogP contribution in [0, 0.1) is 0 Å². The van der Waals surface area contributed by atoms with E-state index >= 15 is 0 Å². The molecule has 0 saturated carbocycles. The van der Waals surface area contributed by atoms with Crippen LogP contribution in [0.1, 0.15) is 13.3 Å². The van der Waals surface area contributed by atoms with Crippen LogP contribution in [0.4, 0.5) is 0 Å². The van der Waals surface area contributed by atoms with Gasteiger partial charge in [-0.05, 0) is 30.9 Å². The van der Waals surface area contributed by atoms with E-state index in [0.29, 0.717) is 45.4 Å². The van der Waals surface area contributed by atoms with E-state index in [4.69, 9.17) is 4.74 Å². The predicted octanol–water partition coefficient (Wildman–Crippen LogP) is 1.87. The molecule has 0 aliphatic carbocycles. The molecular weight excluding hydrogens is 517 g/mol. The highest BCUT2D eigenvalue weighted by atomic mass is 127. The van der Waals surface area contributed by atoms with Crippen LogP contribution in [0.3, 0.4) is 0 Å². The summed E-state index contributed by atoms with van der Waals surface area (Å²) in [6, 6.07) is 10.5. The molecular formula is C20H32IN5O3S. The molecule has 0 bridgehead atoms. The Hall–Kier alpha value is -1.37. The SMILES string of the molecule is CCNC(=NCCCn1ccc2ccccc21)NCCS(=O)(=O)N1CCOCC1.I. The quantitative estimate of drug-likeness (QED) is 0.216. The summed E-state index contributed by atoms with van der Waals surface area (Å²) in [7, 11) is -3.26. The lowest BCUT2D eigenvalue weighted by atomic mass is 10.2. The largest absolute Gasteiger partial charge is 0.379 e. The molecule has 0 amide bonds. The fraction of sp³-hybridized carbons (Fsp3) is 0.550. The number of hydrogen-bond donors (Lipinski definition) is 2. The molecule has 1 aliphatic rings. The Morgan fingerprint density at radius 3 is 2.70 bits per heavy atom. The van der Waals surface area contributed by atoms with Crippen LogP contribution in [-0.2, 0) is 21.3 Å². The van der Waals surface area contributed by atoms with Crippen molar-refractivity contribution in [3.8, 4) is 0 Å². The minimum atomic E-state index is -3.26. The second-order valence-corrected chi connectivity index (χ2v) is 9.02. The van der Waals surface area contributed by atoms with Crippen LogP contribution < -0.4 is 10.6 Å². The monoisotopic (exact) mass is 549 g/mol. The number of sulfonamides is 1. The van der Waals surface area contributed by atoms with Crippen LogP contribution in [0.2, 0.25) is 0 Å². The van der Waals surface area contributed by atoms with Crippen LogP contribution in [0.5, 0.6) is 0 Å². The number of fused-ring (bicyclic) bond motifs is 1. The van der Waals surface area contributed by atoms with E-state index < -0.39 is 10.0 Å². The molecule has 8 nitrogen and oxygen atoms in total. The molecule has 2 heterocycles. The molecule has 0 unspecified atom stereocenters. The first-order valence-corrected chi connectivity index (χ1v) is 11.8. The number of para-hydroxylation sites is 1. The highest BCUT2D eigenvalue weighted by Crippen LogP contribution is 2.15. The van der Waals surface area contributed by atoms with E-state index in [-0.39, 0.29) is 29.7 Å². The number of aryl methyl sites for hydroxylation is 1. The Labute approximate surface area is 196 Å². The van der Waals surface area contributed by atoms with Gasteiger partial charge in [0.05, 0.1) is 19.0 Å². The number of aromatic nitrogens is 1. The zero-order chi connectivity index (χ0) is 20.5. The van der Waals surface area contributed by atoms with E-state index in [1.54, 1.807) is 0 Å². The van der Waals surface area contributed by atoms with Crippen molar-refractivity contribution in [1.82, 2.24) is 19.5 Å². The summed E-state index contributed by atoms with van der Waals surface area (Å²) in [6.07, 6.45) is 3.01. The van der Waals surface area contributed by atoms with E-state index in [1.807, 2.05) is 13.0 Å². The molecule has 1 aromatic carbocycles. The highest BCUT2D eigenvalue weighted by molar-refractivity contribution is 14.0. The number of nitrogens with one attached hydrogen (secondary N) is 2. The zero-order valence-corrected chi connectivity index (χ0v) is 20.6. The number of halogens is 1. The van der Waals surface area contributed by atoms with Crippen molar-refractivity contribution < 1.29 is 13.2 Å². The zero-order valence-electron chi connectivity index (χ0n) is 17.4. The van der Waals surface area contributed by atoms with Gasteiger partial charge in [0.2, 0.25) is 10.0 Å². The van der Waals surface area contributed by atoms with E-state index in [9.17, 15) is 8.42 Å². The number of nitrogens with zero attached hydrogens (tertiary/aromatic N) is 3. The maximum Gasteiger partial charge on any atom is 0.215 e. The molecule has 1 saturated heterocycles. The molecule has 0 radical (unpaired) electrons. The van der Waals surface area contributed by atoms with E-state index in [2.05, 4.69) is 50.7 Å². The van der Waals surface area contributed by atoms with Crippen molar-refractivity contribution in [3.63, 3.8) is 0 Å². The van der Waals surface area contributed by atoms with Crippen LogP contribution in [0.15, 0.2) is 41.5 Å². The van der Waals surface area contributed by atoms with E-state index in [0.717, 1.165) is 19.5 Å². The average Bonchev–Trinajstić information content (AvgIpc) is 3.15. The van der Waals surface area contributed by atoms with Crippen molar-refractivity contribution >= 4 is 50.9 Å². The third-order valence-electron chi connectivity index (χ3n) is 4.87. The number of hydrogen-bond acceptors (Lipinski definition) is 4. The molecule has 168 valence electrons. The van der Waals surface area contributed by atoms with Crippen LogP contribution in [0.25, 0.3) is 10.9 Å². The number of rotatable bonds is 9. The minimum Gasteiger partial charge on any atom is -0.379 e. The first-order chi connectivity index (χ1) is 14.1. The van der Waals surface area contributed by atoms with Crippen LogP contribution in [-0.4, -0.2) is 74.9 Å². The Balaban J connectivity index is 0.00000320. The minimum absolute atomic E-state index is 0. The molecule has 1 aliphatic heterocycles. The molecule has 10 heteroatoms. The summed E-state index contributed by atoms with van der Waals surface area (Å²) in [4.78, 5) is 4.58. The third kappa shape index (κ3) is 7.10. The van der Waals surface area contributed by atoms with Crippen molar-refractivity contribution in [2.24, 2.45) is 4.99 Å². The van der Waals surface area contributed by atoms with Gasteiger partial charge in [-0.15, -0.1) is 24.0 Å². The number of benzene rings is 1. The second-order valence-electron chi connectivity index (χ2n) is 6.94. The van der Waals surface area contributed by atoms with Gasteiger partial charge in [0, 0.05) is 51.0 Å². The standard InChI is InChI=1S/C20H31N5O3S.HI/c1-2-21-20(23-10-17-29(26,27)25-13-15-28-16-14-25)22-9-5-11-24-12-8-18-6-3-4-7-19(18)24;/h3-4,6-8,12H,2,5,9-11,13-17H2,1H3,(H2,21,22,23);1H. The summed E-state index contributed by atoms with van der Waals surface area (Å²) in [5.41, 5.74) is 1.23. The molecule has 1 aromatic heterocycles. The lowest BCUT2D eigenvalue weighted by Crippen LogP contribution is -2.45. The van der Waals surface area contributed by atoms with Gasteiger partial charge in [-0.3, -0.25) is 4.99 Å². The molecule has 0 spiro atoms. The van der Waals surface area contributed by atoms with Gasteiger partial charge in [0.1, 0.15) is 0 Å². The first-order valence-electron chi connectivity index (χ1n) is 10.2. The van der Waals surface area contributed by atoms with Gasteiger partial charge in [0.15, 0.2) is 5.96 Å². The Kier molecular flexibility index (Phi) is 10.4. The van der Waals surface area contributed by atoms with Gasteiger partial charge >= 0.3 is 0 Å². The normalized spacial score (nSPS) is 15.7. The van der Waals surface area contributed by atoms with Gasteiger partial charge in [-0.25, -0.2) is 8.42 Å². The lowest BCUT2D eigenvalue weighted by molar-refractivity contribution is 0.0730. The molecule has 0 atom stereocenters. The Morgan fingerprint density at radius 2 is 1.93 bits per heavy atom. The smallest absolute Gasteiger partial charge is 0.215 e. The van der Waals surface area contributed by atoms with Gasteiger partial charge in [0.25, 0.3) is 0 Å². The van der Waals surface area contributed by atoms with Gasteiger partial charge < -0.3 is 19.9 Å². The lowest BCUT2D eigenvalue weighted by Gasteiger charge is -2.26. The van der Waals surface area contributed by atoms with Gasteiger partial charge in [-0.2, -0.15) is 4.31 Å². The molecule has 2 aromatic rings. The fourth-order valence-corrected chi connectivity index (χ4v) is 4.69.